The zero-order valence-corrected chi connectivity index (χ0v) is 35.6. The fraction of sp³-hybridized carbons (Fsp3) is 0.267. The van der Waals surface area contributed by atoms with Crippen LogP contribution in [0.4, 0.5) is 22.9 Å². The third kappa shape index (κ3) is 10.4. The minimum atomic E-state index is -4.33. The number of amides is 1. The molecule has 0 unspecified atom stereocenters. The third-order valence-corrected chi connectivity index (χ3v) is 13.8. The van der Waals surface area contributed by atoms with Gasteiger partial charge in [-0.1, -0.05) is 66.2 Å². The van der Waals surface area contributed by atoms with Gasteiger partial charge in [0.1, 0.15) is 12.0 Å². The van der Waals surface area contributed by atoms with E-state index < -0.39 is 26.7 Å². The highest BCUT2D eigenvalue weighted by Crippen LogP contribution is 2.33. The minimum absolute atomic E-state index is 0.0532. The van der Waals surface area contributed by atoms with Crippen LogP contribution in [0.25, 0.3) is 22.0 Å². The fourth-order valence-corrected chi connectivity index (χ4v) is 9.80. The van der Waals surface area contributed by atoms with E-state index in [4.69, 9.17) is 11.6 Å². The molecule has 1 saturated carbocycles. The zero-order valence-electron chi connectivity index (χ0n) is 33.2. The van der Waals surface area contributed by atoms with Crippen molar-refractivity contribution >= 4 is 73.1 Å². The summed E-state index contributed by atoms with van der Waals surface area (Å²) in [6, 6.07) is 35.0. The first-order valence-corrected chi connectivity index (χ1v) is 23.0. The largest absolute Gasteiger partial charge is 0.375 e. The second-order valence-corrected chi connectivity index (χ2v) is 18.5. The molecule has 1 aliphatic heterocycles. The highest BCUT2D eigenvalue weighted by molar-refractivity contribution is 7.99. The quantitative estimate of drug-likeness (QED) is 0.0485. The normalized spacial score (nSPS) is 15.2. The molecule has 1 aromatic heterocycles. The number of thioether (sulfide) groups is 1. The van der Waals surface area contributed by atoms with E-state index in [9.17, 15) is 23.3 Å². The predicted octanol–water partition coefficient (Wildman–Crippen LogP) is 8.61. The molecule has 1 amide bonds. The van der Waals surface area contributed by atoms with Crippen LogP contribution in [0.5, 0.6) is 0 Å². The summed E-state index contributed by atoms with van der Waals surface area (Å²) in [5.41, 5.74) is 4.67. The number of anilines is 3. The Morgan fingerprint density at radius 2 is 1.66 bits per heavy atom. The Bertz CT molecular complexity index is 2630. The van der Waals surface area contributed by atoms with Crippen molar-refractivity contribution in [1.29, 1.82) is 0 Å². The molecule has 0 radical (unpaired) electrons. The Balaban J connectivity index is 0.943. The molecule has 0 bridgehead atoms. The van der Waals surface area contributed by atoms with Crippen LogP contribution in [0.1, 0.15) is 31.2 Å². The van der Waals surface area contributed by atoms with Crippen molar-refractivity contribution in [2.75, 3.05) is 46.9 Å². The number of hydrogen-bond donors (Lipinski definition) is 3. The van der Waals surface area contributed by atoms with Crippen molar-refractivity contribution < 1.29 is 18.1 Å². The lowest BCUT2D eigenvalue weighted by Gasteiger charge is -2.36. The van der Waals surface area contributed by atoms with E-state index in [1.54, 1.807) is 6.07 Å². The number of piperazine rings is 1. The molecule has 1 atom stereocenters. The molecule has 8 rings (SSSR count). The highest BCUT2D eigenvalue weighted by atomic mass is 35.5. The molecule has 0 spiro atoms. The standard InChI is InChI=1S/C45H45ClN8O5S2/c46-33-14-17-39(31-8-3-1-4-9-31)32(24-33)28-52-20-22-53(23-21-52)36-15-18-40-42(26-36)47-30-48-45(40)51-61(58,59)38-16-19-41(43(27-38)54(56)57)49-35(25-44(55)50-34-10-7-11-34)29-60-37-12-5-2-6-13-37/h1-6,8-9,12-19,24,26-27,30,34-35,49H,7,10-11,20-23,25,28-29H2,(H,50,55)(H,47,48,51)/t35-/m1/s1. The van der Waals surface area contributed by atoms with Gasteiger partial charge in [-0.15, -0.1) is 11.8 Å². The maximum atomic E-state index is 13.8. The average molecular weight is 877 g/mol. The number of sulfonamides is 1. The van der Waals surface area contributed by atoms with Gasteiger partial charge in [0, 0.05) is 84.0 Å². The first kappa shape index (κ1) is 42.0. The fourth-order valence-electron chi connectivity index (χ4n) is 7.61. The van der Waals surface area contributed by atoms with Gasteiger partial charge in [-0.2, -0.15) is 0 Å². The molecule has 1 aliphatic carbocycles. The molecule has 2 heterocycles. The predicted molar refractivity (Wildman–Crippen MR) is 243 cm³/mol. The van der Waals surface area contributed by atoms with Crippen molar-refractivity contribution in [1.82, 2.24) is 20.2 Å². The van der Waals surface area contributed by atoms with E-state index in [0.29, 0.717) is 21.7 Å². The Morgan fingerprint density at radius 3 is 2.38 bits per heavy atom. The van der Waals surface area contributed by atoms with Gasteiger partial charge in [0.25, 0.3) is 15.7 Å². The molecular formula is C45H45ClN8O5S2. The molecule has 16 heteroatoms. The highest BCUT2D eigenvalue weighted by Gasteiger charge is 2.27. The maximum Gasteiger partial charge on any atom is 0.293 e. The summed E-state index contributed by atoms with van der Waals surface area (Å²) in [5, 5.41) is 19.8. The summed E-state index contributed by atoms with van der Waals surface area (Å²) in [6.07, 6.45) is 4.33. The smallest absolute Gasteiger partial charge is 0.293 e. The van der Waals surface area contributed by atoms with E-state index >= 15 is 0 Å². The number of fused-ring (bicyclic) bond motifs is 1. The Kier molecular flexibility index (Phi) is 13.0. The van der Waals surface area contributed by atoms with Gasteiger partial charge in [-0.3, -0.25) is 24.5 Å². The van der Waals surface area contributed by atoms with Crippen LogP contribution in [-0.4, -0.2) is 78.1 Å². The summed E-state index contributed by atoms with van der Waals surface area (Å²) < 4.78 is 30.1. The van der Waals surface area contributed by atoms with Crippen LogP contribution in [0, 0.1) is 10.1 Å². The number of nitro benzene ring substituents is 1. The van der Waals surface area contributed by atoms with E-state index in [2.05, 4.69) is 53.3 Å². The Hall–Kier alpha value is -5.74. The SMILES string of the molecule is O=C(C[C@H](CSc1ccccc1)Nc1ccc(S(=O)(=O)Nc2ncnc3cc(N4CCN(Cc5cc(Cl)ccc5-c5ccccc5)CC4)ccc23)cc1[N+](=O)[O-])NC1CCC1. The molecule has 314 valence electrons. The van der Waals surface area contributed by atoms with Gasteiger partial charge in [0.15, 0.2) is 5.82 Å². The van der Waals surface area contributed by atoms with Crippen molar-refractivity contribution in [3.05, 3.63) is 142 Å². The number of carbonyl (C=O) groups excluding carboxylic acids is 1. The summed E-state index contributed by atoms with van der Waals surface area (Å²) in [5.74, 6) is 0.355. The van der Waals surface area contributed by atoms with Crippen LogP contribution < -0.4 is 20.3 Å². The topological polar surface area (TPSA) is 163 Å². The first-order valence-electron chi connectivity index (χ1n) is 20.2. The van der Waals surface area contributed by atoms with Gasteiger partial charge >= 0.3 is 0 Å². The zero-order chi connectivity index (χ0) is 42.3. The van der Waals surface area contributed by atoms with E-state index in [0.717, 1.165) is 74.2 Å². The number of aromatic nitrogens is 2. The van der Waals surface area contributed by atoms with Gasteiger partial charge in [0.05, 0.1) is 15.3 Å². The third-order valence-electron chi connectivity index (χ3n) is 11.1. The second-order valence-electron chi connectivity index (χ2n) is 15.3. The number of halogens is 1. The molecule has 6 aromatic rings. The number of benzene rings is 5. The Morgan fingerprint density at radius 1 is 0.902 bits per heavy atom. The monoisotopic (exact) mass is 876 g/mol. The summed E-state index contributed by atoms with van der Waals surface area (Å²) in [4.78, 5) is 38.8. The van der Waals surface area contributed by atoms with E-state index in [1.807, 2.05) is 72.8 Å². The van der Waals surface area contributed by atoms with E-state index in [-0.39, 0.29) is 34.8 Å². The summed E-state index contributed by atoms with van der Waals surface area (Å²) >= 11 is 7.95. The number of nitrogens with one attached hydrogen (secondary N) is 3. The number of nitrogens with zero attached hydrogens (tertiary/aromatic N) is 5. The summed E-state index contributed by atoms with van der Waals surface area (Å²) in [7, 11) is -4.33. The van der Waals surface area contributed by atoms with E-state index in [1.165, 1.54) is 41.3 Å². The van der Waals surface area contributed by atoms with Crippen LogP contribution in [-0.2, 0) is 21.4 Å². The first-order chi connectivity index (χ1) is 29.6. The van der Waals surface area contributed by atoms with Crippen LogP contribution in [0.15, 0.2) is 131 Å². The Labute approximate surface area is 364 Å². The number of rotatable bonds is 16. The van der Waals surface area contributed by atoms with Gasteiger partial charge < -0.3 is 15.5 Å². The van der Waals surface area contributed by atoms with Crippen molar-refractivity contribution in [2.24, 2.45) is 0 Å². The molecule has 3 N–H and O–H groups in total. The molecule has 2 fully saturated rings. The van der Waals surface area contributed by atoms with Crippen molar-refractivity contribution in [3.63, 3.8) is 0 Å². The number of carbonyl (C=O) groups is 1. The van der Waals surface area contributed by atoms with Gasteiger partial charge in [-0.25, -0.2) is 18.4 Å². The molecule has 13 nitrogen and oxygen atoms in total. The molecule has 61 heavy (non-hydrogen) atoms. The number of nitro groups is 1. The van der Waals surface area contributed by atoms with Gasteiger partial charge in [-0.05, 0) is 90.6 Å². The van der Waals surface area contributed by atoms with Crippen LogP contribution in [0.2, 0.25) is 5.02 Å². The second kappa shape index (κ2) is 18.9. The number of hydrogen-bond acceptors (Lipinski definition) is 11. The molecule has 5 aromatic carbocycles. The summed E-state index contributed by atoms with van der Waals surface area (Å²) in [6.45, 7) is 3.99. The van der Waals surface area contributed by atoms with Gasteiger partial charge in [0.2, 0.25) is 5.91 Å². The lowest BCUT2D eigenvalue weighted by molar-refractivity contribution is -0.384. The molecule has 2 aliphatic rings. The van der Waals surface area contributed by atoms with Crippen LogP contribution >= 0.6 is 23.4 Å². The molecular weight excluding hydrogens is 832 g/mol. The maximum absolute atomic E-state index is 13.8. The van der Waals surface area contributed by atoms with Crippen molar-refractivity contribution in [2.45, 2.75) is 54.1 Å². The molecule has 1 saturated heterocycles. The minimum Gasteiger partial charge on any atom is -0.375 e. The lowest BCUT2D eigenvalue weighted by atomic mass is 9.93. The van der Waals surface area contributed by atoms with Crippen LogP contribution in [0.3, 0.4) is 0 Å². The lowest BCUT2D eigenvalue weighted by Crippen LogP contribution is -2.46. The average Bonchev–Trinajstić information content (AvgIpc) is 3.25. The van der Waals surface area contributed by atoms with Crippen molar-refractivity contribution in [3.8, 4) is 11.1 Å².